The molecule has 0 saturated carbocycles. The van der Waals surface area contributed by atoms with E-state index >= 15 is 0 Å². The molecular weight excluding hydrogens is 363 g/mol. The molecule has 4 nitrogen and oxygen atoms in total. The Balaban J connectivity index is 2.26. The average Bonchev–Trinajstić information content (AvgIpc) is 2.75. The van der Waals surface area contributed by atoms with E-state index in [2.05, 4.69) is 26.3 Å². The third-order valence-corrected chi connectivity index (χ3v) is 3.87. The number of aromatic nitrogens is 2. The van der Waals surface area contributed by atoms with Crippen LogP contribution in [0.3, 0.4) is 0 Å². The van der Waals surface area contributed by atoms with Crippen LogP contribution in [-0.2, 0) is 13.2 Å². The first kappa shape index (κ1) is 16.5. The van der Waals surface area contributed by atoms with Crippen molar-refractivity contribution in [1.29, 1.82) is 0 Å². The van der Waals surface area contributed by atoms with Crippen molar-refractivity contribution in [2.24, 2.45) is 7.05 Å². The molecule has 0 aliphatic heterocycles. The highest BCUT2D eigenvalue weighted by Gasteiger charge is 2.39. The molecule has 0 bridgehead atoms. The van der Waals surface area contributed by atoms with Crippen LogP contribution >= 0.6 is 15.9 Å². The van der Waals surface area contributed by atoms with E-state index in [0.29, 0.717) is 0 Å². The second-order valence-corrected chi connectivity index (χ2v) is 5.53. The van der Waals surface area contributed by atoms with Gasteiger partial charge < -0.3 is 5.32 Å². The van der Waals surface area contributed by atoms with Gasteiger partial charge in [-0.1, -0.05) is 30.3 Å². The van der Waals surface area contributed by atoms with E-state index in [-0.39, 0.29) is 16.2 Å². The molecule has 1 heterocycles. The number of nitrogens with zero attached hydrogens (tertiary/aromatic N) is 2. The fraction of sp³-hybridized carbons (Fsp3) is 0.286. The maximum atomic E-state index is 12.8. The SMILES string of the molecule is CC(NC(=O)c1c(Br)c(C(F)(F)F)nn1C)c1ccccc1. The maximum absolute atomic E-state index is 12.8. The predicted molar refractivity (Wildman–Crippen MR) is 78.2 cm³/mol. The molecule has 118 valence electrons. The molecule has 8 heteroatoms. The van der Waals surface area contributed by atoms with Crippen molar-refractivity contribution in [3.8, 4) is 0 Å². The second-order valence-electron chi connectivity index (χ2n) is 4.74. The van der Waals surface area contributed by atoms with Crippen LogP contribution in [0, 0.1) is 0 Å². The zero-order valence-corrected chi connectivity index (χ0v) is 13.4. The van der Waals surface area contributed by atoms with Gasteiger partial charge in [-0.3, -0.25) is 9.48 Å². The van der Waals surface area contributed by atoms with Gasteiger partial charge in [-0.2, -0.15) is 18.3 Å². The number of carbonyl (C=O) groups is 1. The first-order chi connectivity index (χ1) is 10.2. The van der Waals surface area contributed by atoms with Crippen LogP contribution in [0.25, 0.3) is 0 Å². The monoisotopic (exact) mass is 375 g/mol. The van der Waals surface area contributed by atoms with E-state index in [1.807, 2.05) is 30.3 Å². The largest absolute Gasteiger partial charge is 0.436 e. The lowest BCUT2D eigenvalue weighted by molar-refractivity contribution is -0.142. The fourth-order valence-electron chi connectivity index (χ4n) is 2.02. The molecule has 22 heavy (non-hydrogen) atoms. The van der Waals surface area contributed by atoms with Gasteiger partial charge in [0.05, 0.1) is 10.5 Å². The Morgan fingerprint density at radius 1 is 1.32 bits per heavy atom. The summed E-state index contributed by atoms with van der Waals surface area (Å²) in [5.41, 5.74) is -0.437. The number of hydrogen-bond donors (Lipinski definition) is 1. The minimum atomic E-state index is -4.62. The van der Waals surface area contributed by atoms with Crippen LogP contribution < -0.4 is 5.32 Å². The third kappa shape index (κ3) is 3.32. The van der Waals surface area contributed by atoms with Gasteiger partial charge in [0.25, 0.3) is 5.91 Å². The highest BCUT2D eigenvalue weighted by atomic mass is 79.9. The second kappa shape index (κ2) is 6.12. The van der Waals surface area contributed by atoms with Crippen molar-refractivity contribution < 1.29 is 18.0 Å². The van der Waals surface area contributed by atoms with Crippen LogP contribution in [0.1, 0.15) is 34.7 Å². The van der Waals surface area contributed by atoms with Crippen molar-refractivity contribution in [2.75, 3.05) is 0 Å². The lowest BCUT2D eigenvalue weighted by atomic mass is 10.1. The molecule has 0 fully saturated rings. The summed E-state index contributed by atoms with van der Waals surface area (Å²) in [6.07, 6.45) is -4.62. The number of hydrogen-bond acceptors (Lipinski definition) is 2. The Morgan fingerprint density at radius 3 is 2.41 bits per heavy atom. The molecule has 1 N–H and O–H groups in total. The summed E-state index contributed by atoms with van der Waals surface area (Å²) in [5, 5.41) is 6.03. The quantitative estimate of drug-likeness (QED) is 0.888. The molecule has 1 atom stereocenters. The number of alkyl halides is 3. The predicted octanol–water partition coefficient (Wildman–Crippen LogP) is 3.69. The summed E-state index contributed by atoms with van der Waals surface area (Å²) in [7, 11) is 1.29. The summed E-state index contributed by atoms with van der Waals surface area (Å²) < 4.78 is 38.9. The van der Waals surface area contributed by atoms with Crippen molar-refractivity contribution in [3.05, 3.63) is 51.8 Å². The zero-order chi connectivity index (χ0) is 16.5. The molecule has 1 unspecified atom stereocenters. The Morgan fingerprint density at radius 2 is 1.91 bits per heavy atom. The number of nitrogens with one attached hydrogen (secondary N) is 1. The first-order valence-corrected chi connectivity index (χ1v) is 7.16. The summed E-state index contributed by atoms with van der Waals surface area (Å²) in [5.74, 6) is -0.631. The van der Waals surface area contributed by atoms with E-state index in [4.69, 9.17) is 0 Å². The number of benzene rings is 1. The number of carbonyl (C=O) groups excluding carboxylic acids is 1. The van der Waals surface area contributed by atoms with E-state index in [9.17, 15) is 18.0 Å². The Bertz CT molecular complexity index is 683. The number of aryl methyl sites for hydroxylation is 1. The van der Waals surface area contributed by atoms with Gasteiger partial charge in [0.2, 0.25) is 0 Å². The molecule has 1 amide bonds. The number of amides is 1. The smallest absolute Gasteiger partial charge is 0.344 e. The van der Waals surface area contributed by atoms with Crippen LogP contribution in [0.2, 0.25) is 0 Å². The maximum Gasteiger partial charge on any atom is 0.436 e. The van der Waals surface area contributed by atoms with Gasteiger partial charge in [0.15, 0.2) is 5.69 Å². The Hall–Kier alpha value is -1.83. The van der Waals surface area contributed by atoms with Gasteiger partial charge in [-0.25, -0.2) is 0 Å². The molecule has 1 aromatic carbocycles. The molecule has 0 radical (unpaired) electrons. The molecule has 0 saturated heterocycles. The number of rotatable bonds is 3. The fourth-order valence-corrected chi connectivity index (χ4v) is 2.76. The van der Waals surface area contributed by atoms with E-state index in [0.717, 1.165) is 10.2 Å². The topological polar surface area (TPSA) is 46.9 Å². The lowest BCUT2D eigenvalue weighted by Crippen LogP contribution is -2.28. The van der Waals surface area contributed by atoms with Crippen LogP contribution in [-0.4, -0.2) is 15.7 Å². The third-order valence-electron chi connectivity index (χ3n) is 3.12. The van der Waals surface area contributed by atoms with Crippen molar-refractivity contribution >= 4 is 21.8 Å². The highest BCUT2D eigenvalue weighted by molar-refractivity contribution is 9.10. The lowest BCUT2D eigenvalue weighted by Gasteiger charge is -2.14. The normalized spacial score (nSPS) is 13.0. The molecule has 2 aromatic rings. The molecule has 0 aliphatic rings. The summed E-state index contributed by atoms with van der Waals surface area (Å²) >= 11 is 2.82. The van der Waals surface area contributed by atoms with Crippen LogP contribution in [0.5, 0.6) is 0 Å². The molecule has 1 aromatic heterocycles. The van der Waals surface area contributed by atoms with Gasteiger partial charge in [-0.15, -0.1) is 0 Å². The zero-order valence-electron chi connectivity index (χ0n) is 11.8. The Kier molecular flexibility index (Phi) is 4.60. The van der Waals surface area contributed by atoms with E-state index < -0.39 is 17.8 Å². The van der Waals surface area contributed by atoms with Crippen LogP contribution in [0.15, 0.2) is 34.8 Å². The van der Waals surface area contributed by atoms with Gasteiger partial charge in [0.1, 0.15) is 5.69 Å². The van der Waals surface area contributed by atoms with Crippen LogP contribution in [0.4, 0.5) is 13.2 Å². The van der Waals surface area contributed by atoms with Crippen molar-refractivity contribution in [2.45, 2.75) is 19.1 Å². The summed E-state index contributed by atoms with van der Waals surface area (Å²) in [6.45, 7) is 1.75. The van der Waals surface area contributed by atoms with Crippen molar-refractivity contribution in [1.82, 2.24) is 15.1 Å². The van der Waals surface area contributed by atoms with Gasteiger partial charge in [-0.05, 0) is 28.4 Å². The minimum Gasteiger partial charge on any atom is -0.344 e. The molecule has 2 rings (SSSR count). The van der Waals surface area contributed by atoms with E-state index in [1.54, 1.807) is 6.92 Å². The van der Waals surface area contributed by atoms with E-state index in [1.165, 1.54) is 7.05 Å². The average molecular weight is 376 g/mol. The summed E-state index contributed by atoms with van der Waals surface area (Å²) in [4.78, 5) is 12.2. The van der Waals surface area contributed by atoms with Crippen molar-refractivity contribution in [3.63, 3.8) is 0 Å². The standard InChI is InChI=1S/C14H13BrF3N3O/c1-8(9-6-4-3-5-7-9)19-13(22)11-10(15)12(14(16,17)18)20-21(11)2/h3-8H,1-2H3,(H,19,22). The van der Waals surface area contributed by atoms with Gasteiger partial charge >= 0.3 is 6.18 Å². The molecule has 0 spiro atoms. The number of halogens is 4. The summed E-state index contributed by atoms with van der Waals surface area (Å²) in [6, 6.07) is 8.78. The highest BCUT2D eigenvalue weighted by Crippen LogP contribution is 2.35. The minimum absolute atomic E-state index is 0.171. The molecule has 0 aliphatic carbocycles. The Labute approximate surface area is 133 Å². The van der Waals surface area contributed by atoms with Gasteiger partial charge in [0, 0.05) is 7.05 Å². The molecular formula is C14H13BrF3N3O. The first-order valence-electron chi connectivity index (χ1n) is 6.37.